The molecule has 0 aromatic carbocycles. The Balaban J connectivity index is 3.18. The second-order valence-electron chi connectivity index (χ2n) is 5.20. The van der Waals surface area contributed by atoms with Crippen molar-refractivity contribution in [3.8, 4) is 0 Å². The van der Waals surface area contributed by atoms with E-state index < -0.39 is 17.7 Å². The van der Waals surface area contributed by atoms with Crippen LogP contribution in [0.5, 0.6) is 0 Å². The molecule has 10 nitrogen and oxygen atoms in total. The van der Waals surface area contributed by atoms with Crippen LogP contribution in [0.1, 0.15) is 12.8 Å². The van der Waals surface area contributed by atoms with Crippen molar-refractivity contribution >= 4 is 40.3 Å². The number of alkyl halides is 1. The van der Waals surface area contributed by atoms with Gasteiger partial charge in [0, 0.05) is 10.8 Å². The quantitative estimate of drug-likeness (QED) is 0.0751. The van der Waals surface area contributed by atoms with E-state index in [1.807, 2.05) is 0 Å². The summed E-state index contributed by atoms with van der Waals surface area (Å²) in [5.74, 6) is -3.20. The first-order valence-corrected chi connectivity index (χ1v) is 10.5. The van der Waals surface area contributed by atoms with Crippen molar-refractivity contribution < 1.29 is 47.9 Å². The van der Waals surface area contributed by atoms with Gasteiger partial charge >= 0.3 is 11.9 Å². The Hall–Kier alpha value is -0.860. The molecule has 0 spiro atoms. The van der Waals surface area contributed by atoms with Gasteiger partial charge in [0.15, 0.2) is 0 Å². The maximum Gasteiger partial charge on any atom is 0.372 e. The highest BCUT2D eigenvalue weighted by atomic mass is 127. The van der Waals surface area contributed by atoms with Crippen molar-refractivity contribution in [2.24, 2.45) is 0 Å². The summed E-state index contributed by atoms with van der Waals surface area (Å²) in [5, 5.41) is 8.38. The Morgan fingerprint density at radius 3 is 1.39 bits per heavy atom. The predicted molar refractivity (Wildman–Crippen MR) is 106 cm³/mol. The van der Waals surface area contributed by atoms with Crippen molar-refractivity contribution in [3.63, 3.8) is 0 Å². The smallest absolute Gasteiger partial charge is 0.372 e. The zero-order chi connectivity index (χ0) is 20.9. The third-order valence-corrected chi connectivity index (χ3v) is 3.44. The van der Waals surface area contributed by atoms with Gasteiger partial charge in [-0.3, -0.25) is 9.59 Å². The molecule has 11 heteroatoms. The van der Waals surface area contributed by atoms with Gasteiger partial charge in [-0.25, -0.2) is 4.79 Å². The fourth-order valence-electron chi connectivity index (χ4n) is 1.65. The molecule has 0 aromatic rings. The van der Waals surface area contributed by atoms with E-state index in [4.69, 9.17) is 33.5 Å². The van der Waals surface area contributed by atoms with Crippen LogP contribution in [0.2, 0.25) is 0 Å². The number of esters is 1. The summed E-state index contributed by atoms with van der Waals surface area (Å²) in [6, 6.07) is 0. The lowest BCUT2D eigenvalue weighted by molar-refractivity contribution is -0.151. The summed E-state index contributed by atoms with van der Waals surface area (Å²) in [4.78, 5) is 32.4. The number of carboxylic acids is 1. The molecule has 0 fully saturated rings. The van der Waals surface area contributed by atoms with Crippen LogP contribution in [0, 0.1) is 0 Å². The van der Waals surface area contributed by atoms with Crippen LogP contribution in [0.3, 0.4) is 0 Å². The van der Waals surface area contributed by atoms with Gasteiger partial charge in [0.05, 0.1) is 72.5 Å². The number of Topliss-reactive ketones (excluding diaryl/α,β-unsaturated/α-hetero) is 1. The molecule has 0 atom stereocenters. The van der Waals surface area contributed by atoms with Crippen LogP contribution in [0.15, 0.2) is 0 Å². The summed E-state index contributed by atoms with van der Waals surface area (Å²) < 4.78 is 32.2. The first-order chi connectivity index (χ1) is 13.6. The molecular formula is C17H29IO10. The van der Waals surface area contributed by atoms with Crippen LogP contribution < -0.4 is 0 Å². The fraction of sp³-hybridized carbons (Fsp3) is 0.824. The SMILES string of the molecule is O=C(CCC(=O)C(=O)O)OCCOCCOCCOCCOCCOCCI. The van der Waals surface area contributed by atoms with Crippen molar-refractivity contribution in [1.29, 1.82) is 0 Å². The predicted octanol–water partition coefficient (Wildman–Crippen LogP) is 0.482. The fourth-order valence-corrected chi connectivity index (χ4v) is 1.96. The molecule has 0 saturated heterocycles. The first-order valence-electron chi connectivity index (χ1n) is 8.94. The summed E-state index contributed by atoms with van der Waals surface area (Å²) in [6.07, 6.45) is -0.629. The molecule has 0 aliphatic carbocycles. The van der Waals surface area contributed by atoms with Gasteiger partial charge in [-0.1, -0.05) is 22.6 Å². The van der Waals surface area contributed by atoms with Crippen LogP contribution in [-0.2, 0) is 42.8 Å². The van der Waals surface area contributed by atoms with Gasteiger partial charge in [0.2, 0.25) is 5.78 Å². The highest BCUT2D eigenvalue weighted by Gasteiger charge is 2.14. The molecular weight excluding hydrogens is 491 g/mol. The highest BCUT2D eigenvalue weighted by molar-refractivity contribution is 14.1. The number of hydrogen-bond donors (Lipinski definition) is 1. The Morgan fingerprint density at radius 2 is 1.00 bits per heavy atom. The summed E-state index contributed by atoms with van der Waals surface area (Å²) in [6.45, 7) is 4.75. The van der Waals surface area contributed by atoms with Gasteiger partial charge in [-0.05, 0) is 0 Å². The van der Waals surface area contributed by atoms with Gasteiger partial charge < -0.3 is 33.5 Å². The number of aliphatic carboxylic acids is 1. The third-order valence-electron chi connectivity index (χ3n) is 2.99. The minimum atomic E-state index is -1.55. The topological polar surface area (TPSA) is 127 Å². The maximum atomic E-state index is 11.3. The number of ketones is 1. The van der Waals surface area contributed by atoms with Crippen molar-refractivity contribution in [2.45, 2.75) is 12.8 Å². The third kappa shape index (κ3) is 19.9. The van der Waals surface area contributed by atoms with Crippen molar-refractivity contribution in [3.05, 3.63) is 0 Å². The van der Waals surface area contributed by atoms with Crippen LogP contribution in [0.4, 0.5) is 0 Å². The minimum Gasteiger partial charge on any atom is -0.476 e. The summed E-state index contributed by atoms with van der Waals surface area (Å²) in [7, 11) is 0. The molecule has 0 aliphatic rings. The largest absolute Gasteiger partial charge is 0.476 e. The van der Waals surface area contributed by atoms with Crippen LogP contribution in [0.25, 0.3) is 0 Å². The van der Waals surface area contributed by atoms with Gasteiger partial charge in [-0.2, -0.15) is 0 Å². The lowest BCUT2D eigenvalue weighted by Gasteiger charge is -2.08. The zero-order valence-electron chi connectivity index (χ0n) is 15.9. The number of halogens is 1. The van der Waals surface area contributed by atoms with Gasteiger partial charge in [0.1, 0.15) is 6.61 Å². The molecule has 0 aliphatic heterocycles. The van der Waals surface area contributed by atoms with E-state index in [0.29, 0.717) is 52.9 Å². The number of carbonyl (C=O) groups excluding carboxylic acids is 2. The second kappa shape index (κ2) is 20.9. The molecule has 0 heterocycles. The van der Waals surface area contributed by atoms with E-state index >= 15 is 0 Å². The molecule has 164 valence electrons. The Labute approximate surface area is 178 Å². The normalized spacial score (nSPS) is 10.8. The van der Waals surface area contributed by atoms with E-state index in [2.05, 4.69) is 22.6 Å². The molecule has 0 rings (SSSR count). The minimum absolute atomic E-state index is 0.0340. The Morgan fingerprint density at radius 1 is 0.607 bits per heavy atom. The molecule has 0 amide bonds. The van der Waals surface area contributed by atoms with E-state index in [0.717, 1.165) is 11.0 Å². The summed E-state index contributed by atoms with van der Waals surface area (Å²) in [5.41, 5.74) is 0. The number of ether oxygens (including phenoxy) is 6. The first kappa shape index (κ1) is 27.1. The van der Waals surface area contributed by atoms with E-state index in [-0.39, 0.29) is 26.1 Å². The van der Waals surface area contributed by atoms with Gasteiger partial charge in [-0.15, -0.1) is 0 Å². The van der Waals surface area contributed by atoms with Crippen molar-refractivity contribution in [1.82, 2.24) is 0 Å². The van der Waals surface area contributed by atoms with Crippen LogP contribution in [-0.4, -0.2) is 99.9 Å². The molecule has 0 aromatic heterocycles. The van der Waals surface area contributed by atoms with Crippen LogP contribution >= 0.6 is 22.6 Å². The molecule has 0 radical (unpaired) electrons. The monoisotopic (exact) mass is 520 g/mol. The molecule has 0 unspecified atom stereocenters. The number of rotatable bonds is 21. The molecule has 28 heavy (non-hydrogen) atoms. The number of carboxylic acid groups (broad SMARTS) is 1. The second-order valence-corrected chi connectivity index (χ2v) is 6.28. The lowest BCUT2D eigenvalue weighted by atomic mass is 10.2. The Kier molecular flexibility index (Phi) is 20.2. The van der Waals surface area contributed by atoms with E-state index in [1.54, 1.807) is 0 Å². The average molecular weight is 520 g/mol. The van der Waals surface area contributed by atoms with E-state index in [9.17, 15) is 14.4 Å². The number of carbonyl (C=O) groups is 3. The molecule has 0 bridgehead atoms. The molecule has 0 saturated carbocycles. The zero-order valence-corrected chi connectivity index (χ0v) is 18.1. The standard InChI is InChI=1S/C17H29IO10/c18-3-4-23-5-6-24-7-8-25-9-10-26-11-12-27-13-14-28-16(20)2-1-15(19)17(21)22/h1-14H2,(H,21,22). The number of hydrogen-bond acceptors (Lipinski definition) is 9. The van der Waals surface area contributed by atoms with E-state index in [1.165, 1.54) is 0 Å². The Bertz CT molecular complexity index is 419. The van der Waals surface area contributed by atoms with Gasteiger partial charge in [0.25, 0.3) is 0 Å². The maximum absolute atomic E-state index is 11.3. The molecule has 1 N–H and O–H groups in total. The van der Waals surface area contributed by atoms with Crippen molar-refractivity contribution in [2.75, 3.05) is 77.1 Å². The lowest BCUT2D eigenvalue weighted by Crippen LogP contribution is -2.17. The summed E-state index contributed by atoms with van der Waals surface area (Å²) >= 11 is 2.25. The highest BCUT2D eigenvalue weighted by Crippen LogP contribution is 1.95. The average Bonchev–Trinajstić information content (AvgIpc) is 2.68.